The van der Waals surface area contributed by atoms with E-state index in [2.05, 4.69) is 5.32 Å². The van der Waals surface area contributed by atoms with E-state index in [0.29, 0.717) is 23.6 Å². The number of benzene rings is 1. The Labute approximate surface area is 128 Å². The molecule has 0 aliphatic carbocycles. The Morgan fingerprint density at radius 2 is 1.81 bits per heavy atom. The van der Waals surface area contributed by atoms with Crippen molar-refractivity contribution in [2.75, 3.05) is 4.90 Å². The molecule has 1 saturated heterocycles. The van der Waals surface area contributed by atoms with Crippen LogP contribution in [0.4, 0.5) is 10.5 Å². The van der Waals surface area contributed by atoms with Crippen LogP contribution in [0.2, 0.25) is 5.02 Å². The maximum atomic E-state index is 12.7. The SMILES string of the molecule is CCC1(CC)C(=O)NC(=O)N(c2ccc(C)c(Cl)c2)C1=O. The van der Waals surface area contributed by atoms with Crippen molar-refractivity contribution in [2.45, 2.75) is 33.6 Å². The average Bonchev–Trinajstić information content (AvgIpc) is 2.44. The number of urea groups is 1. The Morgan fingerprint density at radius 3 is 2.33 bits per heavy atom. The van der Waals surface area contributed by atoms with Crippen molar-refractivity contribution in [3.63, 3.8) is 0 Å². The standard InChI is InChI=1S/C15H17ClN2O3/c1-4-15(5-2)12(19)17-14(21)18(13(15)20)10-7-6-9(3)11(16)8-10/h6-8H,4-5H2,1-3H3,(H,17,19,21). The van der Waals surface area contributed by atoms with Crippen molar-refractivity contribution in [1.82, 2.24) is 5.32 Å². The molecule has 0 bridgehead atoms. The van der Waals surface area contributed by atoms with E-state index >= 15 is 0 Å². The number of hydrogen-bond acceptors (Lipinski definition) is 3. The number of carbonyl (C=O) groups is 3. The lowest BCUT2D eigenvalue weighted by Gasteiger charge is -2.38. The fourth-order valence-electron chi connectivity index (χ4n) is 2.50. The van der Waals surface area contributed by atoms with E-state index in [9.17, 15) is 14.4 Å². The van der Waals surface area contributed by atoms with Crippen LogP contribution >= 0.6 is 11.6 Å². The van der Waals surface area contributed by atoms with E-state index in [1.54, 1.807) is 32.0 Å². The summed E-state index contributed by atoms with van der Waals surface area (Å²) in [5, 5.41) is 2.73. The van der Waals surface area contributed by atoms with Crippen molar-refractivity contribution in [2.24, 2.45) is 5.41 Å². The van der Waals surface area contributed by atoms with Gasteiger partial charge in [-0.3, -0.25) is 14.9 Å². The molecule has 1 fully saturated rings. The summed E-state index contributed by atoms with van der Waals surface area (Å²) in [7, 11) is 0. The first-order valence-electron chi connectivity index (χ1n) is 6.83. The smallest absolute Gasteiger partial charge is 0.276 e. The Morgan fingerprint density at radius 1 is 1.19 bits per heavy atom. The molecule has 1 N–H and O–H groups in total. The second kappa shape index (κ2) is 5.48. The summed E-state index contributed by atoms with van der Waals surface area (Å²) < 4.78 is 0. The maximum Gasteiger partial charge on any atom is 0.335 e. The molecule has 21 heavy (non-hydrogen) atoms. The molecular weight excluding hydrogens is 292 g/mol. The van der Waals surface area contributed by atoms with E-state index in [4.69, 9.17) is 11.6 Å². The monoisotopic (exact) mass is 308 g/mol. The highest BCUT2D eigenvalue weighted by Gasteiger charge is 2.51. The first-order valence-corrected chi connectivity index (χ1v) is 7.21. The van der Waals surface area contributed by atoms with E-state index in [0.717, 1.165) is 10.5 Å². The highest BCUT2D eigenvalue weighted by atomic mass is 35.5. The quantitative estimate of drug-likeness (QED) is 0.873. The highest BCUT2D eigenvalue weighted by Crippen LogP contribution is 2.35. The number of halogens is 1. The molecule has 1 aliphatic rings. The number of hydrogen-bond donors (Lipinski definition) is 1. The molecule has 2 rings (SSSR count). The van der Waals surface area contributed by atoms with Gasteiger partial charge in [-0.2, -0.15) is 0 Å². The fourth-order valence-corrected chi connectivity index (χ4v) is 2.68. The minimum absolute atomic E-state index is 0.331. The van der Waals surface area contributed by atoms with Crippen LogP contribution in [0.1, 0.15) is 32.3 Å². The number of nitrogens with zero attached hydrogens (tertiary/aromatic N) is 1. The van der Waals surface area contributed by atoms with Crippen molar-refractivity contribution in [3.05, 3.63) is 28.8 Å². The van der Waals surface area contributed by atoms with Gasteiger partial charge in [0.15, 0.2) is 0 Å². The largest absolute Gasteiger partial charge is 0.335 e. The molecule has 6 heteroatoms. The van der Waals surface area contributed by atoms with Gasteiger partial charge in [-0.15, -0.1) is 0 Å². The van der Waals surface area contributed by atoms with Crippen molar-refractivity contribution >= 4 is 35.1 Å². The molecule has 4 amide bonds. The molecule has 1 heterocycles. The van der Waals surface area contributed by atoms with Crippen LogP contribution in [-0.4, -0.2) is 17.8 Å². The molecule has 1 aromatic rings. The van der Waals surface area contributed by atoms with Crippen LogP contribution < -0.4 is 10.2 Å². The number of aryl methyl sites for hydroxylation is 1. The van der Waals surface area contributed by atoms with Crippen molar-refractivity contribution in [1.29, 1.82) is 0 Å². The van der Waals surface area contributed by atoms with Crippen LogP contribution in [0.25, 0.3) is 0 Å². The zero-order chi connectivity index (χ0) is 15.8. The summed E-state index contributed by atoms with van der Waals surface area (Å²) in [5.74, 6) is -1.03. The molecule has 1 aromatic carbocycles. The summed E-state index contributed by atoms with van der Waals surface area (Å²) in [5.41, 5.74) is 0.0103. The summed E-state index contributed by atoms with van der Waals surface area (Å²) in [6.07, 6.45) is 0.662. The van der Waals surface area contributed by atoms with Crippen LogP contribution in [0.15, 0.2) is 18.2 Å². The van der Waals surface area contributed by atoms with Crippen molar-refractivity contribution < 1.29 is 14.4 Å². The summed E-state index contributed by atoms with van der Waals surface area (Å²) in [6, 6.07) is 4.20. The van der Waals surface area contributed by atoms with Crippen molar-refractivity contribution in [3.8, 4) is 0 Å². The van der Waals surface area contributed by atoms with Gasteiger partial charge in [0.1, 0.15) is 5.41 Å². The minimum Gasteiger partial charge on any atom is -0.276 e. The number of amides is 4. The van der Waals surface area contributed by atoms with Gasteiger partial charge in [-0.05, 0) is 37.5 Å². The van der Waals surface area contributed by atoms with Crippen LogP contribution in [0, 0.1) is 12.3 Å². The topological polar surface area (TPSA) is 66.5 Å². The lowest BCUT2D eigenvalue weighted by atomic mass is 9.78. The number of nitrogens with one attached hydrogen (secondary N) is 1. The average molecular weight is 309 g/mol. The molecule has 0 unspecified atom stereocenters. The Hall–Kier alpha value is -1.88. The van der Waals surface area contributed by atoms with Gasteiger partial charge in [-0.25, -0.2) is 9.69 Å². The molecule has 0 atom stereocenters. The van der Waals surface area contributed by atoms with Crippen LogP contribution in [-0.2, 0) is 9.59 Å². The van der Waals surface area contributed by atoms with E-state index in [1.165, 1.54) is 0 Å². The molecule has 0 aromatic heterocycles. The fraction of sp³-hybridized carbons (Fsp3) is 0.400. The predicted molar refractivity (Wildman–Crippen MR) is 80.2 cm³/mol. The molecule has 0 radical (unpaired) electrons. The molecular formula is C15H17ClN2O3. The third-order valence-corrected chi connectivity index (χ3v) is 4.50. The lowest BCUT2D eigenvalue weighted by Crippen LogP contribution is -2.63. The number of carbonyl (C=O) groups excluding carboxylic acids is 3. The Kier molecular flexibility index (Phi) is 4.05. The summed E-state index contributed by atoms with van der Waals surface area (Å²) in [6.45, 7) is 5.35. The third-order valence-electron chi connectivity index (χ3n) is 4.09. The zero-order valence-corrected chi connectivity index (χ0v) is 13.0. The second-order valence-corrected chi connectivity index (χ2v) is 5.53. The molecule has 0 spiro atoms. The van der Waals surface area contributed by atoms with Gasteiger partial charge in [0.05, 0.1) is 5.69 Å². The van der Waals surface area contributed by atoms with Gasteiger partial charge in [0.25, 0.3) is 5.91 Å². The number of anilines is 1. The van der Waals surface area contributed by atoms with Gasteiger partial charge >= 0.3 is 6.03 Å². The number of barbiturate groups is 1. The predicted octanol–water partition coefficient (Wildman–Crippen LogP) is 3.04. The third kappa shape index (κ3) is 2.31. The first-order chi connectivity index (χ1) is 9.87. The van der Waals surface area contributed by atoms with Gasteiger partial charge in [0, 0.05) is 5.02 Å². The van der Waals surface area contributed by atoms with Gasteiger partial charge in [0.2, 0.25) is 5.91 Å². The minimum atomic E-state index is -1.20. The number of rotatable bonds is 3. The lowest BCUT2D eigenvalue weighted by molar-refractivity contribution is -0.143. The Bertz CT molecular complexity index is 623. The van der Waals surface area contributed by atoms with Gasteiger partial charge in [-0.1, -0.05) is 31.5 Å². The highest BCUT2D eigenvalue weighted by molar-refractivity contribution is 6.33. The molecule has 1 aliphatic heterocycles. The Balaban J connectivity index is 2.51. The molecule has 0 saturated carbocycles. The van der Waals surface area contributed by atoms with E-state index < -0.39 is 23.3 Å². The normalized spacial score (nSPS) is 17.9. The zero-order valence-electron chi connectivity index (χ0n) is 12.2. The van der Waals surface area contributed by atoms with E-state index in [1.807, 2.05) is 6.92 Å². The van der Waals surface area contributed by atoms with E-state index in [-0.39, 0.29) is 0 Å². The van der Waals surface area contributed by atoms with Crippen LogP contribution in [0.3, 0.4) is 0 Å². The maximum absolute atomic E-state index is 12.7. The second-order valence-electron chi connectivity index (χ2n) is 5.12. The summed E-state index contributed by atoms with van der Waals surface area (Å²) in [4.78, 5) is 37.9. The number of imide groups is 2. The van der Waals surface area contributed by atoms with Gasteiger partial charge < -0.3 is 0 Å². The summed E-state index contributed by atoms with van der Waals surface area (Å²) >= 11 is 6.06. The molecule has 5 nitrogen and oxygen atoms in total. The van der Waals surface area contributed by atoms with Crippen LogP contribution in [0.5, 0.6) is 0 Å². The first kappa shape index (κ1) is 15.5. The molecule has 112 valence electrons.